The molecule has 0 aliphatic carbocycles. The Labute approximate surface area is 260 Å². The molecule has 0 heterocycles. The van der Waals surface area contributed by atoms with Gasteiger partial charge in [-0.25, -0.2) is 0 Å². The van der Waals surface area contributed by atoms with Crippen LogP contribution in [0.25, 0.3) is 4.47 Å². The fraction of sp³-hybridized carbons (Fsp3) is 0.108. The molecule has 0 saturated heterocycles. The number of hydrogen-bond acceptors (Lipinski definition) is 4. The molecule has 0 radical (unpaired) electrons. The van der Waals surface area contributed by atoms with Gasteiger partial charge in [0.05, 0.1) is 0 Å². The molecule has 0 fully saturated rings. The molecule has 6 heteroatoms. The average molecular weight is 652 g/mol. The SMILES string of the molecule is COc1ccc(C(=O)CC(/C(=C(/[Se]c2ccccc2)c2ccccc2)S(=O)(=O)c2ccc(C)cc2)c2ccccc2)cc1. The number of Topliss-reactive ketones (excluding diaryl/α,β-unsaturated/α-hetero) is 1. The van der Waals surface area contributed by atoms with Crippen molar-refractivity contribution < 1.29 is 17.9 Å². The Balaban J connectivity index is 1.78. The van der Waals surface area contributed by atoms with E-state index in [1.165, 1.54) is 0 Å². The topological polar surface area (TPSA) is 60.4 Å². The van der Waals surface area contributed by atoms with Crippen molar-refractivity contribution in [2.24, 2.45) is 0 Å². The predicted molar refractivity (Wildman–Crippen MR) is 175 cm³/mol. The number of rotatable bonds is 11. The van der Waals surface area contributed by atoms with E-state index in [0.717, 1.165) is 25.6 Å². The summed E-state index contributed by atoms with van der Waals surface area (Å²) in [5, 5.41) is 0. The van der Waals surface area contributed by atoms with Gasteiger partial charge in [-0.1, -0.05) is 0 Å². The average Bonchev–Trinajstić information content (AvgIpc) is 3.05. The van der Waals surface area contributed by atoms with Crippen LogP contribution in [0.1, 0.15) is 39.4 Å². The van der Waals surface area contributed by atoms with Crippen LogP contribution in [0.3, 0.4) is 0 Å². The molecule has 0 N–H and O–H groups in total. The number of aryl methyl sites for hydroxylation is 1. The summed E-state index contributed by atoms with van der Waals surface area (Å²) >= 11 is -0.383. The van der Waals surface area contributed by atoms with Gasteiger partial charge in [-0.2, -0.15) is 0 Å². The summed E-state index contributed by atoms with van der Waals surface area (Å²) < 4.78 is 36.8. The van der Waals surface area contributed by atoms with E-state index in [-0.39, 0.29) is 37.0 Å². The maximum atomic E-state index is 14.9. The van der Waals surface area contributed by atoms with Crippen molar-refractivity contribution in [2.75, 3.05) is 7.11 Å². The number of allylic oxidation sites excluding steroid dienone is 1. The molecule has 5 aromatic rings. The van der Waals surface area contributed by atoms with Crippen LogP contribution in [0.4, 0.5) is 0 Å². The van der Waals surface area contributed by atoms with Gasteiger partial charge in [0.25, 0.3) is 0 Å². The molecule has 0 bridgehead atoms. The quantitative estimate of drug-likeness (QED) is 0.112. The molecule has 4 nitrogen and oxygen atoms in total. The summed E-state index contributed by atoms with van der Waals surface area (Å²) in [7, 11) is -2.47. The molecule has 5 rings (SSSR count). The molecule has 1 atom stereocenters. The first kappa shape index (κ1) is 30.2. The third-order valence-electron chi connectivity index (χ3n) is 7.16. The Morgan fingerprint density at radius 3 is 1.84 bits per heavy atom. The Kier molecular flexibility index (Phi) is 9.73. The zero-order valence-electron chi connectivity index (χ0n) is 24.0. The van der Waals surface area contributed by atoms with Gasteiger partial charge in [0.2, 0.25) is 0 Å². The zero-order valence-corrected chi connectivity index (χ0v) is 26.5. The summed E-state index contributed by atoms with van der Waals surface area (Å²) in [5.41, 5.74) is 3.07. The fourth-order valence-electron chi connectivity index (χ4n) is 4.89. The van der Waals surface area contributed by atoms with E-state index in [4.69, 9.17) is 4.74 Å². The first-order chi connectivity index (χ1) is 20.9. The van der Waals surface area contributed by atoms with E-state index in [1.807, 2.05) is 110 Å². The Morgan fingerprint density at radius 1 is 0.698 bits per heavy atom. The van der Waals surface area contributed by atoms with Crippen molar-refractivity contribution in [3.63, 3.8) is 0 Å². The van der Waals surface area contributed by atoms with E-state index < -0.39 is 15.8 Å². The number of methoxy groups -OCH3 is 1. The van der Waals surface area contributed by atoms with Gasteiger partial charge in [0.1, 0.15) is 0 Å². The third-order valence-corrected chi connectivity index (χ3v) is 11.9. The van der Waals surface area contributed by atoms with Crippen molar-refractivity contribution in [1.82, 2.24) is 0 Å². The van der Waals surface area contributed by atoms with Crippen LogP contribution in [0.2, 0.25) is 0 Å². The van der Waals surface area contributed by atoms with Crippen LogP contribution in [0, 0.1) is 6.92 Å². The molecule has 1 unspecified atom stereocenters. The van der Waals surface area contributed by atoms with Gasteiger partial charge in [-0.05, 0) is 0 Å². The summed E-state index contributed by atoms with van der Waals surface area (Å²) in [6.07, 6.45) is -0.0159. The van der Waals surface area contributed by atoms with Crippen molar-refractivity contribution in [3.8, 4) is 5.75 Å². The van der Waals surface area contributed by atoms with Gasteiger partial charge in [-0.3, -0.25) is 0 Å². The molecule has 5 aromatic carbocycles. The van der Waals surface area contributed by atoms with Gasteiger partial charge >= 0.3 is 261 Å². The second kappa shape index (κ2) is 13.8. The van der Waals surface area contributed by atoms with Crippen molar-refractivity contribution in [1.29, 1.82) is 0 Å². The molecular formula is C37H32O4SSe. The van der Waals surface area contributed by atoms with Crippen molar-refractivity contribution in [3.05, 3.63) is 167 Å². The first-order valence-electron chi connectivity index (χ1n) is 13.9. The van der Waals surface area contributed by atoms with Crippen LogP contribution in [0.15, 0.2) is 149 Å². The normalized spacial score (nSPS) is 12.7. The molecule has 0 saturated carbocycles. The van der Waals surface area contributed by atoms with Crippen molar-refractivity contribution >= 4 is 39.5 Å². The number of ketones is 1. The monoisotopic (exact) mass is 652 g/mol. The molecule has 216 valence electrons. The van der Waals surface area contributed by atoms with E-state index in [9.17, 15) is 13.2 Å². The Hall–Kier alpha value is -4.22. The second-order valence-corrected chi connectivity index (χ2v) is 14.3. The second-order valence-electron chi connectivity index (χ2n) is 10.1. The molecule has 0 amide bonds. The molecular weight excluding hydrogens is 619 g/mol. The summed E-state index contributed by atoms with van der Waals surface area (Å²) in [5.74, 6) is -0.216. The zero-order chi connectivity index (χ0) is 30.2. The van der Waals surface area contributed by atoms with Crippen molar-refractivity contribution in [2.45, 2.75) is 24.2 Å². The van der Waals surface area contributed by atoms with E-state index in [2.05, 4.69) is 0 Å². The predicted octanol–water partition coefficient (Wildman–Crippen LogP) is 7.23. The number of carbonyl (C=O) groups is 1. The minimum absolute atomic E-state index is 0.0159. The maximum absolute atomic E-state index is 14.9. The van der Waals surface area contributed by atoms with E-state index in [0.29, 0.717) is 11.3 Å². The van der Waals surface area contributed by atoms with Crippen LogP contribution in [-0.4, -0.2) is 36.3 Å². The third kappa shape index (κ3) is 7.23. The Morgan fingerprint density at radius 2 is 1.26 bits per heavy atom. The van der Waals surface area contributed by atoms with E-state index in [1.54, 1.807) is 43.5 Å². The standard InChI is InChI=1S/C37H32O4SSe/c1-27-18-24-32(25-19-27)42(39,40)36(37(30-14-8-4-9-15-30)43-33-16-10-5-11-17-33)34(28-12-6-3-7-13-28)26-35(38)29-20-22-31(41-2)23-21-29/h3-25,34H,26H2,1-2H3/b37-36-. The molecule has 0 aliphatic heterocycles. The number of carbonyl (C=O) groups excluding carboxylic acids is 1. The van der Waals surface area contributed by atoms with Gasteiger partial charge < -0.3 is 0 Å². The molecule has 0 aromatic heterocycles. The van der Waals surface area contributed by atoms with E-state index >= 15 is 0 Å². The molecule has 0 aliphatic rings. The number of ether oxygens (including phenoxy) is 1. The minimum atomic E-state index is -4.05. The summed E-state index contributed by atoms with van der Waals surface area (Å²) in [6, 6.07) is 43.0. The van der Waals surface area contributed by atoms with Gasteiger partial charge in [0, 0.05) is 0 Å². The summed E-state index contributed by atoms with van der Waals surface area (Å²) in [4.78, 5) is 14.4. The fourth-order valence-corrected chi connectivity index (χ4v) is 9.65. The van der Waals surface area contributed by atoms with Crippen LogP contribution in [0.5, 0.6) is 5.75 Å². The van der Waals surface area contributed by atoms with Crippen LogP contribution < -0.4 is 9.20 Å². The number of hydrogen-bond donors (Lipinski definition) is 0. The van der Waals surface area contributed by atoms with Crippen LogP contribution >= 0.6 is 0 Å². The van der Waals surface area contributed by atoms with Crippen LogP contribution in [-0.2, 0) is 9.84 Å². The molecule has 43 heavy (non-hydrogen) atoms. The Bertz CT molecular complexity index is 1800. The summed E-state index contributed by atoms with van der Waals surface area (Å²) in [6.45, 7) is 1.93. The number of benzene rings is 5. The first-order valence-corrected chi connectivity index (χ1v) is 17.1. The number of sulfone groups is 1. The molecule has 0 spiro atoms. The van der Waals surface area contributed by atoms with Gasteiger partial charge in [-0.15, -0.1) is 0 Å². The van der Waals surface area contributed by atoms with Gasteiger partial charge in [0.15, 0.2) is 0 Å².